The fourth-order valence-corrected chi connectivity index (χ4v) is 2.78. The Morgan fingerprint density at radius 2 is 0.739 bits per heavy atom. The average Bonchev–Trinajstić information content (AvgIpc) is 2.38. The Hall–Kier alpha value is -0.250. The van der Waals surface area contributed by atoms with E-state index < -0.39 is 0 Å². The number of unbranched alkanes of at least 4 members (excludes halogenated alkanes) is 13. The van der Waals surface area contributed by atoms with E-state index in [0.717, 1.165) is 4.48 Å². The van der Waals surface area contributed by atoms with Gasteiger partial charge in [0.2, 0.25) is 0 Å². The van der Waals surface area contributed by atoms with E-state index in [1.165, 1.54) is 96.4 Å². The molecular formula is C19H44F3N. The van der Waals surface area contributed by atoms with Gasteiger partial charge in [0, 0.05) is 0 Å². The summed E-state index contributed by atoms with van der Waals surface area (Å²) in [5, 5.41) is 0. The molecule has 0 spiro atoms. The first-order valence-electron chi connectivity index (χ1n) is 9.36. The topological polar surface area (TPSA) is 0 Å². The van der Waals surface area contributed by atoms with Crippen LogP contribution in [0.2, 0.25) is 0 Å². The van der Waals surface area contributed by atoms with Gasteiger partial charge in [0.1, 0.15) is 0 Å². The molecule has 0 aromatic rings. The van der Waals surface area contributed by atoms with Gasteiger partial charge in [0.05, 0.1) is 27.7 Å². The Labute approximate surface area is 143 Å². The molecule has 0 heterocycles. The first-order chi connectivity index (χ1) is 9.56. The minimum absolute atomic E-state index is 0. The highest BCUT2D eigenvalue weighted by Gasteiger charge is 2.04. The second-order valence-corrected chi connectivity index (χ2v) is 7.61. The SMILES string of the molecule is CCCCCCCCCCCCCCCC[N+](C)(C)C.F.F.[F-]. The van der Waals surface area contributed by atoms with Crippen molar-refractivity contribution >= 4 is 0 Å². The molecule has 0 aliphatic heterocycles. The van der Waals surface area contributed by atoms with Crippen LogP contribution < -0.4 is 4.70 Å². The smallest absolute Gasteiger partial charge is 0.0780 e. The zero-order chi connectivity index (χ0) is 15.1. The summed E-state index contributed by atoms with van der Waals surface area (Å²) < 4.78 is 1.12. The van der Waals surface area contributed by atoms with Gasteiger partial charge in [-0.2, -0.15) is 0 Å². The number of rotatable bonds is 15. The molecule has 0 aromatic carbocycles. The standard InChI is InChI=1S/C19H42N.3FH/c1-5-6-7-8-9-10-11-12-13-14-15-16-17-18-19-20(2,3)4;;;/h5-19H2,1-4H3;3*1H/q+1;;;/p-1. The lowest BCUT2D eigenvalue weighted by atomic mass is 10.0. The molecule has 0 atom stereocenters. The molecule has 0 saturated heterocycles. The quantitative estimate of drug-likeness (QED) is 0.315. The van der Waals surface area contributed by atoms with Crippen molar-refractivity contribution in [3.05, 3.63) is 0 Å². The first kappa shape index (κ1) is 30.6. The van der Waals surface area contributed by atoms with Gasteiger partial charge < -0.3 is 9.19 Å². The van der Waals surface area contributed by atoms with Gasteiger partial charge in [-0.05, 0) is 12.8 Å². The second-order valence-electron chi connectivity index (χ2n) is 7.61. The van der Waals surface area contributed by atoms with E-state index in [1.54, 1.807) is 0 Å². The minimum atomic E-state index is 0. The van der Waals surface area contributed by atoms with Crippen LogP contribution in [0.1, 0.15) is 96.8 Å². The van der Waals surface area contributed by atoms with Crippen LogP contribution in [-0.4, -0.2) is 32.2 Å². The van der Waals surface area contributed by atoms with Crippen molar-refractivity contribution in [1.82, 2.24) is 0 Å². The molecule has 146 valence electrons. The third-order valence-electron chi connectivity index (χ3n) is 4.18. The molecule has 1 nitrogen and oxygen atoms in total. The summed E-state index contributed by atoms with van der Waals surface area (Å²) in [4.78, 5) is 0. The fraction of sp³-hybridized carbons (Fsp3) is 1.00. The van der Waals surface area contributed by atoms with Gasteiger partial charge >= 0.3 is 0 Å². The van der Waals surface area contributed by atoms with Crippen LogP contribution in [0.5, 0.6) is 0 Å². The van der Waals surface area contributed by atoms with Crippen molar-refractivity contribution in [3.63, 3.8) is 0 Å². The Morgan fingerprint density at radius 3 is 1.00 bits per heavy atom. The molecule has 0 fully saturated rings. The fourth-order valence-electron chi connectivity index (χ4n) is 2.78. The van der Waals surface area contributed by atoms with Gasteiger partial charge in [0.15, 0.2) is 0 Å². The van der Waals surface area contributed by atoms with Gasteiger partial charge in [0.25, 0.3) is 0 Å². The lowest BCUT2D eigenvalue weighted by Gasteiger charge is -2.23. The highest BCUT2D eigenvalue weighted by atomic mass is 19.0. The predicted octanol–water partition coefficient (Wildman–Crippen LogP) is 3.48. The van der Waals surface area contributed by atoms with E-state index >= 15 is 0 Å². The molecule has 0 bridgehead atoms. The third kappa shape index (κ3) is 30.2. The molecule has 0 rings (SSSR count). The zero-order valence-corrected chi connectivity index (χ0v) is 16.2. The number of hydrogen-bond acceptors (Lipinski definition) is 0. The molecule has 0 aromatic heterocycles. The van der Waals surface area contributed by atoms with E-state index in [4.69, 9.17) is 0 Å². The van der Waals surface area contributed by atoms with Crippen molar-refractivity contribution in [3.8, 4) is 0 Å². The van der Waals surface area contributed by atoms with Crippen LogP contribution in [0.3, 0.4) is 0 Å². The van der Waals surface area contributed by atoms with Gasteiger partial charge in [-0.25, -0.2) is 0 Å². The van der Waals surface area contributed by atoms with Crippen LogP contribution >= 0.6 is 0 Å². The lowest BCUT2D eigenvalue weighted by molar-refractivity contribution is -0.870. The van der Waals surface area contributed by atoms with Crippen LogP contribution in [0.25, 0.3) is 0 Å². The summed E-state index contributed by atoms with van der Waals surface area (Å²) in [5.74, 6) is 0. The molecular weight excluding hydrogens is 299 g/mol. The lowest BCUT2D eigenvalue weighted by Crippen LogP contribution is -3.00. The van der Waals surface area contributed by atoms with Crippen molar-refractivity contribution in [1.29, 1.82) is 0 Å². The van der Waals surface area contributed by atoms with Crippen LogP contribution in [-0.2, 0) is 0 Å². The van der Waals surface area contributed by atoms with Gasteiger partial charge in [-0.1, -0.05) is 84.0 Å². The molecule has 0 aliphatic rings. The van der Waals surface area contributed by atoms with E-state index in [1.807, 2.05) is 0 Å². The third-order valence-corrected chi connectivity index (χ3v) is 4.18. The maximum atomic E-state index is 2.29. The Morgan fingerprint density at radius 1 is 0.478 bits per heavy atom. The van der Waals surface area contributed by atoms with Crippen LogP contribution in [0.4, 0.5) is 9.41 Å². The molecule has 0 saturated carbocycles. The molecule has 0 N–H and O–H groups in total. The normalized spacial score (nSPS) is 10.4. The number of halogens is 3. The minimum Gasteiger partial charge on any atom is -1.00 e. The second kappa shape index (κ2) is 21.8. The molecule has 23 heavy (non-hydrogen) atoms. The summed E-state index contributed by atoms with van der Waals surface area (Å²) in [6, 6.07) is 0. The molecule has 0 amide bonds. The number of quaternary nitrogens is 1. The van der Waals surface area contributed by atoms with Crippen LogP contribution in [0.15, 0.2) is 0 Å². The van der Waals surface area contributed by atoms with Crippen molar-refractivity contribution in [2.24, 2.45) is 0 Å². The van der Waals surface area contributed by atoms with Crippen molar-refractivity contribution in [2.45, 2.75) is 96.8 Å². The Bertz CT molecular complexity index is 194. The molecule has 4 heteroatoms. The first-order valence-corrected chi connectivity index (χ1v) is 9.36. The predicted molar refractivity (Wildman–Crippen MR) is 98.2 cm³/mol. The van der Waals surface area contributed by atoms with Gasteiger partial charge in [-0.15, -0.1) is 0 Å². The van der Waals surface area contributed by atoms with Gasteiger partial charge in [-0.3, -0.25) is 9.41 Å². The monoisotopic (exact) mass is 343 g/mol. The molecule has 0 unspecified atom stereocenters. The maximum absolute atomic E-state index is 2.29. The van der Waals surface area contributed by atoms with E-state index in [9.17, 15) is 0 Å². The Kier molecular flexibility index (Phi) is 28.9. The zero-order valence-electron chi connectivity index (χ0n) is 16.2. The van der Waals surface area contributed by atoms with Crippen molar-refractivity contribution in [2.75, 3.05) is 27.7 Å². The summed E-state index contributed by atoms with van der Waals surface area (Å²) in [6.45, 7) is 3.63. The maximum Gasteiger partial charge on any atom is 0.0780 e. The summed E-state index contributed by atoms with van der Waals surface area (Å²) in [7, 11) is 6.88. The largest absolute Gasteiger partial charge is 1.00 e. The average molecular weight is 344 g/mol. The number of nitrogens with zero attached hydrogens (tertiary/aromatic N) is 1. The highest BCUT2D eigenvalue weighted by molar-refractivity contribution is 4.49. The molecule has 0 radical (unpaired) electrons. The van der Waals surface area contributed by atoms with Crippen molar-refractivity contribution < 1.29 is 18.6 Å². The van der Waals surface area contributed by atoms with E-state index in [0.29, 0.717) is 0 Å². The van der Waals surface area contributed by atoms with E-state index in [2.05, 4.69) is 28.1 Å². The van der Waals surface area contributed by atoms with E-state index in [-0.39, 0.29) is 14.1 Å². The van der Waals surface area contributed by atoms with Crippen LogP contribution in [0, 0.1) is 0 Å². The summed E-state index contributed by atoms with van der Waals surface area (Å²) >= 11 is 0. The highest BCUT2D eigenvalue weighted by Crippen LogP contribution is 2.13. The summed E-state index contributed by atoms with van der Waals surface area (Å²) in [6.07, 6.45) is 20.4. The Balaban J connectivity index is -0.000000602. The number of hydrogen-bond donors (Lipinski definition) is 0. The summed E-state index contributed by atoms with van der Waals surface area (Å²) in [5.41, 5.74) is 0. The molecule has 0 aliphatic carbocycles.